The average Bonchev–Trinajstić information content (AvgIpc) is 3.04. The van der Waals surface area contributed by atoms with Crippen LogP contribution >= 0.6 is 0 Å². The molecular formula is C23H27FN2O5. The van der Waals surface area contributed by atoms with Crippen molar-refractivity contribution in [3.63, 3.8) is 0 Å². The van der Waals surface area contributed by atoms with E-state index in [9.17, 15) is 14.0 Å². The lowest BCUT2D eigenvalue weighted by molar-refractivity contribution is -0.116. The minimum absolute atomic E-state index is 0.0541. The first kappa shape index (κ1) is 22.4. The van der Waals surface area contributed by atoms with Crippen LogP contribution in [0.15, 0.2) is 36.4 Å². The van der Waals surface area contributed by atoms with Crippen molar-refractivity contribution in [2.45, 2.75) is 32.7 Å². The lowest BCUT2D eigenvalue weighted by atomic mass is 10.2. The number of unbranched alkanes of at least 4 members (excludes halogenated alkanes) is 2. The summed E-state index contributed by atoms with van der Waals surface area (Å²) in [6.45, 7) is 2.56. The SMILES string of the molecule is CCCCCOc1cc(N2C(=O)CN(Cc3cc(F)ccc3OC)C2=O)ccc1OC. The lowest BCUT2D eigenvalue weighted by Crippen LogP contribution is -2.32. The quantitative estimate of drug-likeness (QED) is 0.413. The second-order valence-corrected chi connectivity index (χ2v) is 7.21. The number of hydrogen-bond acceptors (Lipinski definition) is 5. The Labute approximate surface area is 181 Å². The van der Waals surface area contributed by atoms with Gasteiger partial charge in [-0.25, -0.2) is 14.1 Å². The van der Waals surface area contributed by atoms with E-state index in [4.69, 9.17) is 14.2 Å². The molecule has 0 aromatic heterocycles. The highest BCUT2D eigenvalue weighted by atomic mass is 19.1. The molecule has 8 heteroatoms. The van der Waals surface area contributed by atoms with E-state index in [1.807, 2.05) is 0 Å². The minimum Gasteiger partial charge on any atom is -0.496 e. The van der Waals surface area contributed by atoms with Crippen molar-refractivity contribution in [3.8, 4) is 17.2 Å². The second-order valence-electron chi connectivity index (χ2n) is 7.21. The number of nitrogens with zero attached hydrogens (tertiary/aromatic N) is 2. The van der Waals surface area contributed by atoms with Gasteiger partial charge in [0.05, 0.1) is 33.1 Å². The second kappa shape index (κ2) is 10.1. The summed E-state index contributed by atoms with van der Waals surface area (Å²) in [6.07, 6.45) is 3.02. The number of amides is 3. The molecule has 0 unspecified atom stereocenters. The maximum absolute atomic E-state index is 13.7. The number of ether oxygens (including phenoxy) is 3. The number of methoxy groups -OCH3 is 2. The number of hydrogen-bond donors (Lipinski definition) is 0. The Balaban J connectivity index is 1.80. The molecule has 3 amide bonds. The number of carbonyl (C=O) groups is 2. The Hall–Kier alpha value is -3.29. The van der Waals surface area contributed by atoms with Gasteiger partial charge in [0.1, 0.15) is 18.1 Å². The Bertz CT molecular complexity index is 950. The van der Waals surface area contributed by atoms with E-state index < -0.39 is 11.8 Å². The first-order valence-corrected chi connectivity index (χ1v) is 10.2. The predicted octanol–water partition coefficient (Wildman–Crippen LogP) is 4.38. The molecule has 0 bridgehead atoms. The molecule has 3 rings (SSSR count). The zero-order valence-corrected chi connectivity index (χ0v) is 18.0. The fraction of sp³-hybridized carbons (Fsp3) is 0.391. The highest BCUT2D eigenvalue weighted by molar-refractivity contribution is 6.19. The molecule has 1 saturated heterocycles. The number of halogens is 1. The smallest absolute Gasteiger partial charge is 0.332 e. The third-order valence-electron chi connectivity index (χ3n) is 5.05. The number of rotatable bonds is 10. The highest BCUT2D eigenvalue weighted by Crippen LogP contribution is 2.34. The normalized spacial score (nSPS) is 13.7. The van der Waals surface area contributed by atoms with Gasteiger partial charge >= 0.3 is 6.03 Å². The van der Waals surface area contributed by atoms with Crippen molar-refractivity contribution in [1.29, 1.82) is 0 Å². The molecular weight excluding hydrogens is 403 g/mol. The summed E-state index contributed by atoms with van der Waals surface area (Å²) in [7, 11) is 3.01. The predicted molar refractivity (Wildman–Crippen MR) is 114 cm³/mol. The molecule has 1 aliphatic rings. The van der Waals surface area contributed by atoms with Gasteiger partial charge in [-0.1, -0.05) is 19.8 Å². The Kier molecular flexibility index (Phi) is 7.33. The third-order valence-corrected chi connectivity index (χ3v) is 5.05. The molecule has 1 aliphatic heterocycles. The van der Waals surface area contributed by atoms with Crippen LogP contribution in [-0.4, -0.2) is 44.2 Å². The first-order chi connectivity index (χ1) is 15.0. The zero-order chi connectivity index (χ0) is 22.4. The fourth-order valence-electron chi connectivity index (χ4n) is 3.46. The van der Waals surface area contributed by atoms with Crippen LogP contribution in [-0.2, 0) is 11.3 Å². The number of carbonyl (C=O) groups excluding carboxylic acids is 2. The van der Waals surface area contributed by atoms with Crippen molar-refractivity contribution in [1.82, 2.24) is 4.90 Å². The van der Waals surface area contributed by atoms with E-state index in [-0.39, 0.29) is 19.0 Å². The molecule has 0 N–H and O–H groups in total. The molecule has 0 spiro atoms. The zero-order valence-electron chi connectivity index (χ0n) is 18.0. The molecule has 1 fully saturated rings. The Morgan fingerprint density at radius 3 is 2.42 bits per heavy atom. The van der Waals surface area contributed by atoms with E-state index in [0.717, 1.165) is 24.2 Å². The number of imide groups is 1. The van der Waals surface area contributed by atoms with Crippen LogP contribution in [0.4, 0.5) is 14.9 Å². The summed E-state index contributed by atoms with van der Waals surface area (Å²) < 4.78 is 30.1. The third kappa shape index (κ3) is 5.07. The van der Waals surface area contributed by atoms with E-state index in [1.54, 1.807) is 18.2 Å². The van der Waals surface area contributed by atoms with Crippen molar-refractivity contribution in [3.05, 3.63) is 47.8 Å². The van der Waals surface area contributed by atoms with Crippen LogP contribution in [0.5, 0.6) is 17.2 Å². The van der Waals surface area contributed by atoms with Gasteiger partial charge < -0.3 is 19.1 Å². The number of anilines is 1. The van der Waals surface area contributed by atoms with E-state index in [2.05, 4.69) is 6.92 Å². The van der Waals surface area contributed by atoms with Crippen LogP contribution in [0.2, 0.25) is 0 Å². The maximum atomic E-state index is 13.7. The van der Waals surface area contributed by atoms with Crippen LogP contribution in [0.3, 0.4) is 0 Å². The highest BCUT2D eigenvalue weighted by Gasteiger charge is 2.37. The van der Waals surface area contributed by atoms with Gasteiger partial charge in [-0.05, 0) is 36.8 Å². The van der Waals surface area contributed by atoms with Crippen LogP contribution < -0.4 is 19.1 Å². The standard InChI is InChI=1S/C23H27FN2O5/c1-4-5-6-11-31-21-13-18(8-10-20(21)30-3)26-22(27)15-25(23(26)28)14-16-12-17(24)7-9-19(16)29-2/h7-10,12-13H,4-6,11,14-15H2,1-3H3. The van der Waals surface area contributed by atoms with E-state index in [0.29, 0.717) is 35.1 Å². The van der Waals surface area contributed by atoms with Crippen LogP contribution in [0.25, 0.3) is 0 Å². The van der Waals surface area contributed by atoms with Crippen molar-refractivity contribution < 1.29 is 28.2 Å². The van der Waals surface area contributed by atoms with Gasteiger partial charge in [0.25, 0.3) is 5.91 Å². The Morgan fingerprint density at radius 1 is 0.968 bits per heavy atom. The first-order valence-electron chi connectivity index (χ1n) is 10.2. The fourth-order valence-corrected chi connectivity index (χ4v) is 3.46. The van der Waals surface area contributed by atoms with Crippen LogP contribution in [0, 0.1) is 5.82 Å². The van der Waals surface area contributed by atoms with Gasteiger partial charge in [0.2, 0.25) is 0 Å². The molecule has 0 aliphatic carbocycles. The van der Waals surface area contributed by atoms with Crippen LogP contribution in [0.1, 0.15) is 31.7 Å². The van der Waals surface area contributed by atoms with Crippen molar-refractivity contribution in [2.75, 3.05) is 32.3 Å². The molecule has 2 aromatic carbocycles. The number of benzene rings is 2. The summed E-state index contributed by atoms with van der Waals surface area (Å²) in [5, 5.41) is 0. The maximum Gasteiger partial charge on any atom is 0.332 e. The van der Waals surface area contributed by atoms with Gasteiger partial charge in [-0.15, -0.1) is 0 Å². The van der Waals surface area contributed by atoms with Gasteiger partial charge in [-0.3, -0.25) is 4.79 Å². The van der Waals surface area contributed by atoms with Gasteiger partial charge in [0, 0.05) is 11.6 Å². The summed E-state index contributed by atoms with van der Waals surface area (Å²) in [4.78, 5) is 28.1. The molecule has 2 aromatic rings. The van der Waals surface area contributed by atoms with E-state index >= 15 is 0 Å². The summed E-state index contributed by atoms with van der Waals surface area (Å²) in [5.41, 5.74) is 0.884. The van der Waals surface area contributed by atoms with Crippen molar-refractivity contribution in [2.24, 2.45) is 0 Å². The molecule has 1 heterocycles. The largest absolute Gasteiger partial charge is 0.496 e. The minimum atomic E-state index is -0.488. The Morgan fingerprint density at radius 2 is 1.71 bits per heavy atom. The monoisotopic (exact) mass is 430 g/mol. The molecule has 31 heavy (non-hydrogen) atoms. The molecule has 0 radical (unpaired) electrons. The topological polar surface area (TPSA) is 68.3 Å². The van der Waals surface area contributed by atoms with Gasteiger partial charge in [0.15, 0.2) is 11.5 Å². The molecule has 0 atom stereocenters. The summed E-state index contributed by atoms with van der Waals surface area (Å²) in [6, 6.07) is 8.53. The summed E-state index contributed by atoms with van der Waals surface area (Å²) in [5.74, 6) is 0.642. The van der Waals surface area contributed by atoms with E-state index in [1.165, 1.54) is 37.3 Å². The molecule has 166 valence electrons. The molecule has 0 saturated carbocycles. The summed E-state index contributed by atoms with van der Waals surface area (Å²) >= 11 is 0. The average molecular weight is 430 g/mol. The van der Waals surface area contributed by atoms with Gasteiger partial charge in [-0.2, -0.15) is 0 Å². The van der Waals surface area contributed by atoms with Crippen molar-refractivity contribution >= 4 is 17.6 Å². The molecule has 7 nitrogen and oxygen atoms in total. The number of urea groups is 1. The lowest BCUT2D eigenvalue weighted by Gasteiger charge is -2.19.